The van der Waals surface area contributed by atoms with E-state index in [9.17, 15) is 0 Å². The van der Waals surface area contributed by atoms with Crippen LogP contribution in [0.15, 0.2) is 0 Å². The highest BCUT2D eigenvalue weighted by molar-refractivity contribution is 5.07. The molecule has 2 aliphatic heterocycles. The highest BCUT2D eigenvalue weighted by atomic mass is 15.1. The van der Waals surface area contributed by atoms with E-state index in [4.69, 9.17) is 0 Å². The molecule has 2 saturated carbocycles. The quantitative estimate of drug-likeness (QED) is 0.521. The topological polar surface area (TPSA) is 24.1 Å². The zero-order valence-electron chi connectivity index (χ0n) is 21.5. The van der Waals surface area contributed by atoms with E-state index in [2.05, 4.69) is 66.0 Å². The van der Waals surface area contributed by atoms with Gasteiger partial charge in [0.25, 0.3) is 0 Å². The lowest BCUT2D eigenvalue weighted by molar-refractivity contribution is 0.0895. The SMILES string of the molecule is CC1(C)CC(C2CCC(C3CCC(C4CC(C)(C)NC4(C)C)CC3)CC2)C(C)(C)N1. The first-order valence-corrected chi connectivity index (χ1v) is 13.4. The average Bonchev–Trinajstić information content (AvgIpc) is 3.00. The summed E-state index contributed by atoms with van der Waals surface area (Å²) in [5.74, 6) is 5.69. The van der Waals surface area contributed by atoms with Crippen molar-refractivity contribution < 1.29 is 0 Å². The fourth-order valence-corrected chi connectivity index (χ4v) is 9.19. The molecule has 2 saturated heterocycles. The minimum absolute atomic E-state index is 0.314. The third-order valence-corrected chi connectivity index (χ3v) is 10.1. The van der Waals surface area contributed by atoms with E-state index >= 15 is 0 Å². The largest absolute Gasteiger partial charge is 0.307 e. The Morgan fingerprint density at radius 1 is 0.433 bits per heavy atom. The van der Waals surface area contributed by atoms with E-state index in [1.807, 2.05) is 0 Å². The van der Waals surface area contributed by atoms with Crippen molar-refractivity contribution in [3.05, 3.63) is 0 Å². The third-order valence-electron chi connectivity index (χ3n) is 10.1. The molecule has 2 unspecified atom stereocenters. The second-order valence-electron chi connectivity index (χ2n) is 14.4. The molecule has 0 bridgehead atoms. The van der Waals surface area contributed by atoms with Gasteiger partial charge in [-0.3, -0.25) is 0 Å². The number of rotatable bonds is 3. The summed E-state index contributed by atoms with van der Waals surface area (Å²) in [7, 11) is 0. The predicted octanol–water partition coefficient (Wildman–Crippen LogP) is 6.93. The predicted molar refractivity (Wildman–Crippen MR) is 130 cm³/mol. The van der Waals surface area contributed by atoms with Gasteiger partial charge in [0.2, 0.25) is 0 Å². The Bertz CT molecular complexity index is 546. The van der Waals surface area contributed by atoms with Gasteiger partial charge in [-0.05, 0) is 155 Å². The van der Waals surface area contributed by atoms with Crippen molar-refractivity contribution in [3.63, 3.8) is 0 Å². The molecule has 0 aromatic heterocycles. The molecule has 0 amide bonds. The summed E-state index contributed by atoms with van der Waals surface area (Å²) < 4.78 is 0. The minimum Gasteiger partial charge on any atom is -0.307 e. The molecule has 2 heterocycles. The van der Waals surface area contributed by atoms with Gasteiger partial charge in [0, 0.05) is 22.2 Å². The first kappa shape index (κ1) is 23.1. The Morgan fingerprint density at radius 2 is 0.700 bits per heavy atom. The number of nitrogens with one attached hydrogen (secondary N) is 2. The molecule has 30 heavy (non-hydrogen) atoms. The van der Waals surface area contributed by atoms with E-state index in [0.717, 1.165) is 35.5 Å². The van der Waals surface area contributed by atoms with Crippen LogP contribution in [0.25, 0.3) is 0 Å². The summed E-state index contributed by atoms with van der Waals surface area (Å²) in [4.78, 5) is 0. The molecular weight excluding hydrogens is 364 g/mol. The van der Waals surface area contributed by atoms with Crippen LogP contribution in [0.4, 0.5) is 0 Å². The van der Waals surface area contributed by atoms with Crippen molar-refractivity contribution in [1.82, 2.24) is 10.6 Å². The van der Waals surface area contributed by atoms with Crippen LogP contribution in [-0.4, -0.2) is 22.2 Å². The van der Waals surface area contributed by atoms with Gasteiger partial charge in [-0.15, -0.1) is 0 Å². The van der Waals surface area contributed by atoms with Crippen LogP contribution >= 0.6 is 0 Å². The average molecular weight is 417 g/mol. The summed E-state index contributed by atoms with van der Waals surface area (Å²) in [6.07, 6.45) is 14.7. The van der Waals surface area contributed by atoms with Crippen molar-refractivity contribution in [1.29, 1.82) is 0 Å². The maximum Gasteiger partial charge on any atom is 0.0161 e. The molecule has 2 atom stereocenters. The molecule has 0 spiro atoms. The van der Waals surface area contributed by atoms with Crippen LogP contribution in [0.2, 0.25) is 0 Å². The molecule has 174 valence electrons. The Hall–Kier alpha value is -0.0800. The molecule has 4 aliphatic rings. The van der Waals surface area contributed by atoms with Gasteiger partial charge >= 0.3 is 0 Å². The molecule has 2 heteroatoms. The highest BCUT2D eigenvalue weighted by Crippen LogP contribution is 2.51. The molecular formula is C28H52N2. The minimum atomic E-state index is 0.314. The van der Waals surface area contributed by atoms with E-state index in [1.54, 1.807) is 0 Å². The molecule has 4 rings (SSSR count). The van der Waals surface area contributed by atoms with Crippen molar-refractivity contribution >= 4 is 0 Å². The van der Waals surface area contributed by atoms with Crippen LogP contribution in [0.1, 0.15) is 120 Å². The van der Waals surface area contributed by atoms with Gasteiger partial charge < -0.3 is 10.6 Å². The second kappa shape index (κ2) is 7.75. The van der Waals surface area contributed by atoms with Gasteiger partial charge in [-0.1, -0.05) is 0 Å². The smallest absolute Gasteiger partial charge is 0.0161 e. The van der Waals surface area contributed by atoms with E-state index < -0.39 is 0 Å². The van der Waals surface area contributed by atoms with Gasteiger partial charge in [0.1, 0.15) is 0 Å². The fraction of sp³-hybridized carbons (Fsp3) is 1.00. The molecule has 2 aliphatic carbocycles. The molecule has 2 N–H and O–H groups in total. The van der Waals surface area contributed by atoms with E-state index in [-0.39, 0.29) is 0 Å². The van der Waals surface area contributed by atoms with E-state index in [0.29, 0.717) is 22.2 Å². The van der Waals surface area contributed by atoms with Crippen molar-refractivity contribution in [2.45, 2.75) is 142 Å². The lowest BCUT2D eigenvalue weighted by Crippen LogP contribution is -2.47. The van der Waals surface area contributed by atoms with Crippen LogP contribution in [0, 0.1) is 35.5 Å². The second-order valence-corrected chi connectivity index (χ2v) is 14.4. The lowest BCUT2D eigenvalue weighted by Gasteiger charge is -2.43. The van der Waals surface area contributed by atoms with Crippen LogP contribution in [0.3, 0.4) is 0 Å². The number of hydrogen-bond donors (Lipinski definition) is 2. The Kier molecular flexibility index (Phi) is 5.97. The van der Waals surface area contributed by atoms with Crippen molar-refractivity contribution in [3.8, 4) is 0 Å². The fourth-order valence-electron chi connectivity index (χ4n) is 9.19. The maximum absolute atomic E-state index is 3.93. The molecule has 0 aromatic rings. The molecule has 4 fully saturated rings. The monoisotopic (exact) mass is 416 g/mol. The van der Waals surface area contributed by atoms with Crippen LogP contribution < -0.4 is 10.6 Å². The van der Waals surface area contributed by atoms with Crippen LogP contribution in [0.5, 0.6) is 0 Å². The normalized spacial score (nSPS) is 44.8. The van der Waals surface area contributed by atoms with Gasteiger partial charge in [-0.2, -0.15) is 0 Å². The number of hydrogen-bond acceptors (Lipinski definition) is 2. The Labute approximate surface area is 188 Å². The molecule has 2 nitrogen and oxygen atoms in total. The summed E-state index contributed by atoms with van der Waals surface area (Å²) in [5, 5.41) is 7.86. The van der Waals surface area contributed by atoms with Crippen molar-refractivity contribution in [2.24, 2.45) is 35.5 Å². The van der Waals surface area contributed by atoms with Gasteiger partial charge in [0.15, 0.2) is 0 Å². The van der Waals surface area contributed by atoms with E-state index in [1.165, 1.54) is 64.2 Å². The summed E-state index contributed by atoms with van der Waals surface area (Å²) in [6.45, 7) is 19.5. The Morgan fingerprint density at radius 3 is 0.933 bits per heavy atom. The standard InChI is InChI=1S/C28H52N2/c1-25(2)17-23(27(5,6)29-25)21-13-9-19(10-14-21)20-11-15-22(16-12-20)24-18-26(3,4)30-28(24,7)8/h19-24,29-30H,9-18H2,1-8H3. The summed E-state index contributed by atoms with van der Waals surface area (Å²) in [6, 6.07) is 0. The molecule has 0 radical (unpaired) electrons. The van der Waals surface area contributed by atoms with Crippen LogP contribution in [-0.2, 0) is 0 Å². The summed E-state index contributed by atoms with van der Waals surface area (Å²) in [5.41, 5.74) is 1.27. The van der Waals surface area contributed by atoms with Gasteiger partial charge in [0.05, 0.1) is 0 Å². The maximum atomic E-state index is 3.93. The van der Waals surface area contributed by atoms with Crippen molar-refractivity contribution in [2.75, 3.05) is 0 Å². The summed E-state index contributed by atoms with van der Waals surface area (Å²) >= 11 is 0. The van der Waals surface area contributed by atoms with Gasteiger partial charge in [-0.25, -0.2) is 0 Å². The highest BCUT2D eigenvalue weighted by Gasteiger charge is 2.49. The lowest BCUT2D eigenvalue weighted by atomic mass is 9.63. The Balaban J connectivity index is 1.27. The first-order valence-electron chi connectivity index (χ1n) is 13.4. The first-order chi connectivity index (χ1) is 13.8. The third kappa shape index (κ3) is 4.66. The zero-order chi connectivity index (χ0) is 21.9. The molecule has 0 aromatic carbocycles. The zero-order valence-corrected chi connectivity index (χ0v) is 21.5.